The van der Waals surface area contributed by atoms with Gasteiger partial charge in [-0.1, -0.05) is 25.5 Å². The smallest absolute Gasteiger partial charge is 0.407 e. The molecule has 32 heavy (non-hydrogen) atoms. The molecule has 0 aromatic heterocycles. The molecule has 3 saturated heterocycles. The number of hydrogen-bond donors (Lipinski definition) is 1. The quantitative estimate of drug-likeness (QED) is 0.426. The standard InChI is InChI=1S/C25H42N2O5/c1-7-26(8-2)15-24(13-14-27(24)22(28)29)18-11-12-25(16-31-25)21(20(18)30-6)23(5)19(32-23)10-9-17(3)4/h9,18-21H,7-8,10-16H2,1-6H3,(H,28,29)/t18-,19+,20-,21+,23-,24+,25-/m0/s1. The van der Waals surface area contributed by atoms with E-state index in [4.69, 9.17) is 14.2 Å². The number of ether oxygens (including phenoxy) is 3. The van der Waals surface area contributed by atoms with Crippen molar-refractivity contribution in [2.75, 3.05) is 39.9 Å². The fourth-order valence-electron chi connectivity index (χ4n) is 6.86. The minimum Gasteiger partial charge on any atom is -0.465 e. The summed E-state index contributed by atoms with van der Waals surface area (Å²) in [6.45, 7) is 14.7. The number of hydrogen-bond acceptors (Lipinski definition) is 5. The molecule has 7 nitrogen and oxygen atoms in total. The van der Waals surface area contributed by atoms with E-state index in [1.165, 1.54) is 5.57 Å². The number of methoxy groups -OCH3 is 1. The number of epoxide rings is 2. The lowest BCUT2D eigenvalue weighted by Gasteiger charge is -2.61. The number of nitrogens with zero attached hydrogens (tertiary/aromatic N) is 2. The molecule has 7 atom stereocenters. The molecule has 3 aliphatic heterocycles. The van der Waals surface area contributed by atoms with E-state index in [1.54, 1.807) is 12.0 Å². The molecule has 0 aromatic rings. The van der Waals surface area contributed by atoms with Crippen LogP contribution in [0.2, 0.25) is 0 Å². The summed E-state index contributed by atoms with van der Waals surface area (Å²) in [6, 6.07) is 0. The van der Waals surface area contributed by atoms with Gasteiger partial charge in [0.1, 0.15) is 5.60 Å². The average molecular weight is 451 g/mol. The van der Waals surface area contributed by atoms with Crippen LogP contribution < -0.4 is 0 Å². The minimum absolute atomic E-state index is 0.0920. The summed E-state index contributed by atoms with van der Waals surface area (Å²) in [4.78, 5) is 16.3. The molecule has 7 heteroatoms. The molecule has 0 radical (unpaired) electrons. The molecule has 1 N–H and O–H groups in total. The Kier molecular flexibility index (Phi) is 6.42. The Hall–Kier alpha value is -1.15. The third kappa shape index (κ3) is 3.79. The zero-order chi connectivity index (χ0) is 23.3. The summed E-state index contributed by atoms with van der Waals surface area (Å²) in [6.07, 6.45) is 5.17. The van der Waals surface area contributed by atoms with Gasteiger partial charge in [0.25, 0.3) is 0 Å². The number of carboxylic acid groups (broad SMARTS) is 1. The first-order chi connectivity index (χ1) is 15.2. The van der Waals surface area contributed by atoms with Crippen molar-refractivity contribution in [2.24, 2.45) is 11.8 Å². The van der Waals surface area contributed by atoms with Crippen molar-refractivity contribution < 1.29 is 24.1 Å². The molecular formula is C25H42N2O5. The second-order valence-electron chi connectivity index (χ2n) is 10.7. The molecule has 4 rings (SSSR count). The highest BCUT2D eigenvalue weighted by Crippen LogP contribution is 2.62. The van der Waals surface area contributed by atoms with E-state index in [-0.39, 0.29) is 35.2 Å². The molecule has 4 aliphatic rings. The summed E-state index contributed by atoms with van der Waals surface area (Å²) < 4.78 is 18.8. The van der Waals surface area contributed by atoms with Crippen molar-refractivity contribution >= 4 is 6.09 Å². The maximum absolute atomic E-state index is 12.2. The Morgan fingerprint density at radius 3 is 2.44 bits per heavy atom. The molecule has 182 valence electrons. The second-order valence-corrected chi connectivity index (χ2v) is 10.7. The molecule has 0 aromatic carbocycles. The van der Waals surface area contributed by atoms with Crippen molar-refractivity contribution in [3.05, 3.63) is 11.6 Å². The lowest BCUT2D eigenvalue weighted by Crippen LogP contribution is -2.73. The predicted octanol–water partition coefficient (Wildman–Crippen LogP) is 3.77. The first-order valence-corrected chi connectivity index (χ1v) is 12.4. The first-order valence-electron chi connectivity index (χ1n) is 12.4. The molecule has 1 amide bonds. The van der Waals surface area contributed by atoms with Crippen LogP contribution in [0.15, 0.2) is 11.6 Å². The van der Waals surface area contributed by atoms with Crippen molar-refractivity contribution in [2.45, 2.75) is 89.3 Å². The van der Waals surface area contributed by atoms with Crippen LogP contribution in [0.25, 0.3) is 0 Å². The number of amides is 1. The van der Waals surface area contributed by atoms with Gasteiger partial charge in [-0.15, -0.1) is 0 Å². The van der Waals surface area contributed by atoms with E-state index in [9.17, 15) is 9.90 Å². The third-order valence-corrected chi connectivity index (χ3v) is 8.91. The van der Waals surface area contributed by atoms with Gasteiger partial charge in [-0.25, -0.2) is 4.79 Å². The Labute approximate surface area is 193 Å². The van der Waals surface area contributed by atoms with E-state index in [1.807, 2.05) is 0 Å². The largest absolute Gasteiger partial charge is 0.465 e. The number of likely N-dealkylation sites (N-methyl/N-ethyl adjacent to an activating group) is 1. The highest BCUT2D eigenvalue weighted by atomic mass is 16.6. The fourth-order valence-corrected chi connectivity index (χ4v) is 6.86. The van der Waals surface area contributed by atoms with Gasteiger partial charge < -0.3 is 29.1 Å². The minimum atomic E-state index is -0.812. The van der Waals surface area contributed by atoms with Crippen LogP contribution >= 0.6 is 0 Å². The molecule has 1 spiro atoms. The van der Waals surface area contributed by atoms with Crippen LogP contribution in [-0.4, -0.2) is 89.8 Å². The Morgan fingerprint density at radius 2 is 1.97 bits per heavy atom. The summed E-state index contributed by atoms with van der Waals surface area (Å²) in [5.41, 5.74) is 0.416. The summed E-state index contributed by atoms with van der Waals surface area (Å²) in [5.74, 6) is 0.238. The molecule has 4 fully saturated rings. The van der Waals surface area contributed by atoms with Gasteiger partial charge in [0.05, 0.1) is 30.0 Å². The summed E-state index contributed by atoms with van der Waals surface area (Å²) >= 11 is 0. The number of allylic oxidation sites excluding steroid dienone is 1. The number of carbonyl (C=O) groups is 1. The summed E-state index contributed by atoms with van der Waals surface area (Å²) in [5, 5.41) is 10.0. The summed E-state index contributed by atoms with van der Waals surface area (Å²) in [7, 11) is 1.79. The van der Waals surface area contributed by atoms with Crippen LogP contribution in [0.4, 0.5) is 4.79 Å². The van der Waals surface area contributed by atoms with Crippen molar-refractivity contribution in [1.29, 1.82) is 0 Å². The zero-order valence-electron chi connectivity index (χ0n) is 20.7. The second kappa shape index (κ2) is 8.57. The first kappa shape index (κ1) is 24.0. The molecule has 1 saturated carbocycles. The zero-order valence-corrected chi connectivity index (χ0v) is 20.7. The average Bonchev–Trinajstić information content (AvgIpc) is 3.64. The lowest BCUT2D eigenvalue weighted by atomic mass is 9.58. The van der Waals surface area contributed by atoms with Gasteiger partial charge in [0.2, 0.25) is 0 Å². The van der Waals surface area contributed by atoms with Crippen molar-refractivity contribution in [3.8, 4) is 0 Å². The van der Waals surface area contributed by atoms with Crippen LogP contribution in [0.1, 0.15) is 60.3 Å². The Morgan fingerprint density at radius 1 is 1.28 bits per heavy atom. The Balaban J connectivity index is 1.65. The maximum atomic E-state index is 12.2. The molecule has 1 aliphatic carbocycles. The molecule has 0 unspecified atom stereocenters. The van der Waals surface area contributed by atoms with Crippen LogP contribution in [0, 0.1) is 11.8 Å². The van der Waals surface area contributed by atoms with E-state index < -0.39 is 11.6 Å². The predicted molar refractivity (Wildman–Crippen MR) is 123 cm³/mol. The Bertz CT molecular complexity index is 745. The molecule has 0 bridgehead atoms. The van der Waals surface area contributed by atoms with Gasteiger partial charge in [-0.2, -0.15) is 0 Å². The van der Waals surface area contributed by atoms with Gasteiger partial charge in [0, 0.05) is 32.0 Å². The maximum Gasteiger partial charge on any atom is 0.407 e. The van der Waals surface area contributed by atoms with Crippen LogP contribution in [-0.2, 0) is 14.2 Å². The van der Waals surface area contributed by atoms with Gasteiger partial charge in [-0.05, 0) is 59.5 Å². The highest BCUT2D eigenvalue weighted by Gasteiger charge is 2.74. The number of likely N-dealkylation sites (tertiary alicyclic amines) is 1. The SMILES string of the molecule is CCN(CC)C[C@@]1([C@H]2CC[C@]3(CO3)[C@@H]([C@@]3(C)O[C@@H]3CC=C(C)C)[C@H]2OC)CCN1C(=O)O. The van der Waals surface area contributed by atoms with E-state index >= 15 is 0 Å². The van der Waals surface area contributed by atoms with Gasteiger partial charge >= 0.3 is 6.09 Å². The van der Waals surface area contributed by atoms with Crippen molar-refractivity contribution in [1.82, 2.24) is 9.80 Å². The van der Waals surface area contributed by atoms with Crippen LogP contribution in [0.3, 0.4) is 0 Å². The van der Waals surface area contributed by atoms with E-state index in [0.717, 1.165) is 51.9 Å². The lowest BCUT2D eigenvalue weighted by molar-refractivity contribution is -0.157. The fraction of sp³-hybridized carbons (Fsp3) is 0.880. The van der Waals surface area contributed by atoms with E-state index in [2.05, 4.69) is 45.6 Å². The van der Waals surface area contributed by atoms with Crippen molar-refractivity contribution in [3.63, 3.8) is 0 Å². The van der Waals surface area contributed by atoms with Gasteiger partial charge in [0.15, 0.2) is 0 Å². The van der Waals surface area contributed by atoms with Crippen LogP contribution in [0.5, 0.6) is 0 Å². The topological polar surface area (TPSA) is 78.1 Å². The molecule has 3 heterocycles. The normalized spacial score (nSPS) is 42.7. The molecular weight excluding hydrogens is 408 g/mol. The van der Waals surface area contributed by atoms with Gasteiger partial charge in [-0.3, -0.25) is 0 Å². The highest BCUT2D eigenvalue weighted by molar-refractivity contribution is 5.68. The monoisotopic (exact) mass is 450 g/mol. The van der Waals surface area contributed by atoms with E-state index in [0.29, 0.717) is 6.54 Å². The number of rotatable bonds is 9. The third-order valence-electron chi connectivity index (χ3n) is 8.91.